The van der Waals surface area contributed by atoms with Crippen molar-refractivity contribution in [2.45, 2.75) is 24.0 Å². The molecule has 0 spiro atoms. The molecule has 1 fully saturated rings. The summed E-state index contributed by atoms with van der Waals surface area (Å²) < 4.78 is 10.9. The SMILES string of the molecule is COC1(OC)CC(C#N)(c2cccc3ccccc23)C1. The van der Waals surface area contributed by atoms with Gasteiger partial charge < -0.3 is 9.47 Å². The molecule has 2 aromatic rings. The molecule has 0 bridgehead atoms. The fourth-order valence-corrected chi connectivity index (χ4v) is 3.21. The summed E-state index contributed by atoms with van der Waals surface area (Å²) in [5.41, 5.74) is 0.551. The fraction of sp³-hybridized carbons (Fsp3) is 0.353. The molecule has 0 N–H and O–H groups in total. The zero-order chi connectivity index (χ0) is 14.2. The molecule has 1 aliphatic rings. The van der Waals surface area contributed by atoms with E-state index in [1.807, 2.05) is 24.3 Å². The molecule has 0 atom stereocenters. The number of methoxy groups -OCH3 is 2. The molecule has 0 aliphatic heterocycles. The van der Waals surface area contributed by atoms with Crippen molar-refractivity contribution in [1.29, 1.82) is 5.26 Å². The minimum atomic E-state index is -0.618. The van der Waals surface area contributed by atoms with E-state index in [-0.39, 0.29) is 0 Å². The first-order valence-electron chi connectivity index (χ1n) is 6.68. The minimum Gasteiger partial charge on any atom is -0.353 e. The largest absolute Gasteiger partial charge is 0.353 e. The molecular weight excluding hydrogens is 250 g/mol. The van der Waals surface area contributed by atoms with E-state index in [1.165, 1.54) is 0 Å². The van der Waals surface area contributed by atoms with Crippen LogP contribution in [0.5, 0.6) is 0 Å². The Morgan fingerprint density at radius 1 is 1.00 bits per heavy atom. The molecule has 3 rings (SSSR count). The summed E-state index contributed by atoms with van der Waals surface area (Å²) in [5, 5.41) is 12.0. The predicted octanol–water partition coefficient (Wildman–Crippen LogP) is 3.38. The summed E-state index contributed by atoms with van der Waals surface area (Å²) in [6.45, 7) is 0. The van der Waals surface area contributed by atoms with Crippen LogP contribution < -0.4 is 0 Å². The van der Waals surface area contributed by atoms with Gasteiger partial charge in [-0.1, -0.05) is 42.5 Å². The van der Waals surface area contributed by atoms with Gasteiger partial charge >= 0.3 is 0 Å². The van der Waals surface area contributed by atoms with Crippen molar-refractivity contribution in [3.63, 3.8) is 0 Å². The van der Waals surface area contributed by atoms with E-state index in [2.05, 4.69) is 24.3 Å². The van der Waals surface area contributed by atoms with Crippen LogP contribution in [0.2, 0.25) is 0 Å². The lowest BCUT2D eigenvalue weighted by Gasteiger charge is -2.50. The van der Waals surface area contributed by atoms with Crippen molar-refractivity contribution in [3.05, 3.63) is 48.0 Å². The highest BCUT2D eigenvalue weighted by atomic mass is 16.7. The van der Waals surface area contributed by atoms with E-state index in [0.29, 0.717) is 12.8 Å². The number of nitrogens with zero attached hydrogens (tertiary/aromatic N) is 1. The number of hydrogen-bond donors (Lipinski definition) is 0. The van der Waals surface area contributed by atoms with Crippen LogP contribution in [0.4, 0.5) is 0 Å². The van der Waals surface area contributed by atoms with Gasteiger partial charge in [-0.3, -0.25) is 0 Å². The Hall–Kier alpha value is -1.89. The quantitative estimate of drug-likeness (QED) is 0.800. The molecule has 3 heteroatoms. The highest BCUT2D eigenvalue weighted by molar-refractivity contribution is 5.87. The first kappa shape index (κ1) is 13.1. The Kier molecular flexibility index (Phi) is 3.01. The van der Waals surface area contributed by atoms with E-state index in [1.54, 1.807) is 14.2 Å². The van der Waals surface area contributed by atoms with Gasteiger partial charge in [0.1, 0.15) is 0 Å². The van der Waals surface area contributed by atoms with E-state index in [0.717, 1.165) is 16.3 Å². The van der Waals surface area contributed by atoms with E-state index in [4.69, 9.17) is 9.47 Å². The van der Waals surface area contributed by atoms with E-state index in [9.17, 15) is 5.26 Å². The van der Waals surface area contributed by atoms with Gasteiger partial charge in [-0.05, 0) is 16.3 Å². The number of benzene rings is 2. The monoisotopic (exact) mass is 267 g/mol. The number of hydrogen-bond acceptors (Lipinski definition) is 3. The molecule has 0 amide bonds. The molecule has 1 saturated carbocycles. The summed E-state index contributed by atoms with van der Waals surface area (Å²) in [4.78, 5) is 0. The average molecular weight is 267 g/mol. The second-order valence-corrected chi connectivity index (χ2v) is 5.39. The van der Waals surface area contributed by atoms with Gasteiger partial charge in [0.2, 0.25) is 0 Å². The topological polar surface area (TPSA) is 42.2 Å². The molecule has 0 unspecified atom stereocenters. The molecule has 102 valence electrons. The molecule has 20 heavy (non-hydrogen) atoms. The normalized spacial score (nSPS) is 19.2. The van der Waals surface area contributed by atoms with Crippen molar-refractivity contribution in [2.75, 3.05) is 14.2 Å². The first-order chi connectivity index (χ1) is 9.68. The maximum Gasteiger partial charge on any atom is 0.171 e. The van der Waals surface area contributed by atoms with Crippen molar-refractivity contribution in [3.8, 4) is 6.07 Å². The van der Waals surface area contributed by atoms with Gasteiger partial charge in [-0.15, -0.1) is 0 Å². The van der Waals surface area contributed by atoms with E-state index < -0.39 is 11.2 Å². The van der Waals surface area contributed by atoms with Crippen LogP contribution >= 0.6 is 0 Å². The summed E-state index contributed by atoms with van der Waals surface area (Å²) in [5.74, 6) is -0.618. The average Bonchev–Trinajstić information content (AvgIpc) is 2.48. The van der Waals surface area contributed by atoms with Gasteiger partial charge in [0, 0.05) is 27.1 Å². The highest BCUT2D eigenvalue weighted by Crippen LogP contribution is 2.53. The predicted molar refractivity (Wildman–Crippen MR) is 77.2 cm³/mol. The third-order valence-corrected chi connectivity index (χ3v) is 4.41. The lowest BCUT2D eigenvalue weighted by molar-refractivity contribution is -0.269. The Balaban J connectivity index is 2.09. The summed E-state index contributed by atoms with van der Waals surface area (Å²) in [7, 11) is 3.27. The third kappa shape index (κ3) is 1.73. The molecule has 0 saturated heterocycles. The van der Waals surface area contributed by atoms with Gasteiger partial charge in [0.25, 0.3) is 0 Å². The van der Waals surface area contributed by atoms with Crippen LogP contribution in [0.25, 0.3) is 10.8 Å². The van der Waals surface area contributed by atoms with E-state index >= 15 is 0 Å². The smallest absolute Gasteiger partial charge is 0.171 e. The van der Waals surface area contributed by atoms with Crippen molar-refractivity contribution in [1.82, 2.24) is 0 Å². The Morgan fingerprint density at radius 2 is 1.65 bits per heavy atom. The standard InChI is InChI=1S/C17H17NO2/c1-19-17(20-2)10-16(11-17,12-18)15-9-5-7-13-6-3-4-8-14(13)15/h3-9H,10-11H2,1-2H3. The third-order valence-electron chi connectivity index (χ3n) is 4.41. The molecular formula is C17H17NO2. The second-order valence-electron chi connectivity index (χ2n) is 5.39. The van der Waals surface area contributed by atoms with Gasteiger partial charge in [0.05, 0.1) is 11.5 Å². The van der Waals surface area contributed by atoms with Crippen LogP contribution in [0.15, 0.2) is 42.5 Å². The van der Waals surface area contributed by atoms with Crippen molar-refractivity contribution < 1.29 is 9.47 Å². The van der Waals surface area contributed by atoms with Gasteiger partial charge in [0.15, 0.2) is 5.79 Å². The molecule has 2 aromatic carbocycles. The first-order valence-corrected chi connectivity index (χ1v) is 6.68. The fourth-order valence-electron chi connectivity index (χ4n) is 3.21. The van der Waals surface area contributed by atoms with Crippen LogP contribution in [0.3, 0.4) is 0 Å². The van der Waals surface area contributed by atoms with Crippen LogP contribution in [-0.4, -0.2) is 20.0 Å². The number of fused-ring (bicyclic) bond motifs is 1. The zero-order valence-electron chi connectivity index (χ0n) is 11.7. The summed E-state index contributed by atoms with van der Waals surface area (Å²) in [6, 6.07) is 16.8. The summed E-state index contributed by atoms with van der Waals surface area (Å²) >= 11 is 0. The zero-order valence-corrected chi connectivity index (χ0v) is 11.7. The van der Waals surface area contributed by atoms with Crippen LogP contribution in [-0.2, 0) is 14.9 Å². The maximum absolute atomic E-state index is 9.71. The molecule has 0 radical (unpaired) electrons. The number of ether oxygens (including phenoxy) is 2. The minimum absolute atomic E-state index is 0.521. The molecule has 0 heterocycles. The molecule has 0 aromatic heterocycles. The van der Waals surface area contributed by atoms with Gasteiger partial charge in [-0.2, -0.15) is 5.26 Å². The molecule has 1 aliphatic carbocycles. The lowest BCUT2D eigenvalue weighted by Crippen LogP contribution is -2.56. The van der Waals surface area contributed by atoms with Crippen LogP contribution in [0.1, 0.15) is 18.4 Å². The number of nitriles is 1. The Morgan fingerprint density at radius 3 is 2.30 bits per heavy atom. The summed E-state index contributed by atoms with van der Waals surface area (Å²) in [6.07, 6.45) is 1.13. The van der Waals surface area contributed by atoms with Gasteiger partial charge in [-0.25, -0.2) is 0 Å². The number of rotatable bonds is 3. The molecule has 3 nitrogen and oxygen atoms in total. The van der Waals surface area contributed by atoms with Crippen LogP contribution in [0, 0.1) is 11.3 Å². The van der Waals surface area contributed by atoms with Crippen molar-refractivity contribution in [2.24, 2.45) is 0 Å². The highest BCUT2D eigenvalue weighted by Gasteiger charge is 2.57. The Labute approximate surface area is 118 Å². The van der Waals surface area contributed by atoms with Crippen molar-refractivity contribution >= 4 is 10.8 Å². The Bertz CT molecular complexity index is 669. The second kappa shape index (κ2) is 4.59. The maximum atomic E-state index is 9.71. The lowest BCUT2D eigenvalue weighted by atomic mass is 9.60.